The predicted octanol–water partition coefficient (Wildman–Crippen LogP) is 0.842. The van der Waals surface area contributed by atoms with E-state index in [9.17, 15) is 13.2 Å². The summed E-state index contributed by atoms with van der Waals surface area (Å²) in [6.07, 6.45) is 6.09. The van der Waals surface area contributed by atoms with Gasteiger partial charge < -0.3 is 9.64 Å². The molecule has 8 heteroatoms. The zero-order chi connectivity index (χ0) is 18.1. The zero-order valence-electron chi connectivity index (χ0n) is 14.7. The molecule has 3 rings (SSSR count). The number of hydrogen-bond donors (Lipinski definition) is 0. The second-order valence-corrected chi connectivity index (χ2v) is 9.08. The van der Waals surface area contributed by atoms with Gasteiger partial charge in [0.15, 0.2) is 0 Å². The standard InChI is InChI=1S/C17H25N3O4S/c1-24-12-15-11-20(25(2,22)23)13-17(15)5-9-19(10-6-17)16(21)14-3-7-18-8-4-14/h3-4,7-8,15H,5-6,9-13H2,1-2H3/t15-/m1/s1. The molecule has 138 valence electrons. The number of likely N-dealkylation sites (tertiary alicyclic amines) is 1. The van der Waals surface area contributed by atoms with Crippen molar-refractivity contribution < 1.29 is 17.9 Å². The molecule has 2 saturated heterocycles. The fourth-order valence-corrected chi connectivity index (χ4v) is 5.01. The number of ether oxygens (including phenoxy) is 1. The molecule has 0 bridgehead atoms. The van der Waals surface area contributed by atoms with E-state index in [0.29, 0.717) is 38.3 Å². The Bertz CT molecular complexity index is 715. The Balaban J connectivity index is 1.71. The number of piperidine rings is 1. The van der Waals surface area contributed by atoms with E-state index in [1.807, 2.05) is 4.90 Å². The molecule has 25 heavy (non-hydrogen) atoms. The van der Waals surface area contributed by atoms with Gasteiger partial charge in [-0.1, -0.05) is 0 Å². The summed E-state index contributed by atoms with van der Waals surface area (Å²) in [6.45, 7) is 2.85. The number of nitrogens with zero attached hydrogens (tertiary/aromatic N) is 3. The number of carbonyl (C=O) groups is 1. The number of aromatic nitrogens is 1. The highest BCUT2D eigenvalue weighted by Crippen LogP contribution is 2.45. The topological polar surface area (TPSA) is 79.8 Å². The van der Waals surface area contributed by atoms with Crippen LogP contribution in [0.25, 0.3) is 0 Å². The van der Waals surface area contributed by atoms with Crippen molar-refractivity contribution in [2.45, 2.75) is 12.8 Å². The molecular weight excluding hydrogens is 342 g/mol. The molecule has 0 aromatic carbocycles. The maximum Gasteiger partial charge on any atom is 0.253 e. The monoisotopic (exact) mass is 367 g/mol. The van der Waals surface area contributed by atoms with Gasteiger partial charge >= 0.3 is 0 Å². The first-order chi connectivity index (χ1) is 11.9. The van der Waals surface area contributed by atoms with Gasteiger partial charge in [0.1, 0.15) is 0 Å². The van der Waals surface area contributed by atoms with Crippen LogP contribution in [0.2, 0.25) is 0 Å². The Labute approximate surface area is 149 Å². The SMILES string of the molecule is COC[C@H]1CN(S(C)(=O)=O)CC12CCN(C(=O)c1ccncc1)CC2. The number of amides is 1. The lowest BCUT2D eigenvalue weighted by Crippen LogP contribution is -2.47. The van der Waals surface area contributed by atoms with Crippen LogP contribution in [0.5, 0.6) is 0 Å². The van der Waals surface area contributed by atoms with Crippen molar-refractivity contribution in [3.63, 3.8) is 0 Å². The van der Waals surface area contributed by atoms with E-state index in [2.05, 4.69) is 4.98 Å². The summed E-state index contributed by atoms with van der Waals surface area (Å²) in [5, 5.41) is 0. The second-order valence-electron chi connectivity index (χ2n) is 7.10. The summed E-state index contributed by atoms with van der Waals surface area (Å²) in [6, 6.07) is 3.45. The molecule has 1 aromatic heterocycles. The third kappa shape index (κ3) is 3.70. The smallest absolute Gasteiger partial charge is 0.253 e. The highest BCUT2D eigenvalue weighted by molar-refractivity contribution is 7.88. The van der Waals surface area contributed by atoms with Crippen molar-refractivity contribution in [3.8, 4) is 0 Å². The molecule has 2 aliphatic rings. The second kappa shape index (κ2) is 7.01. The number of sulfonamides is 1. The van der Waals surface area contributed by atoms with E-state index in [-0.39, 0.29) is 17.2 Å². The highest BCUT2D eigenvalue weighted by Gasteiger charge is 2.50. The van der Waals surface area contributed by atoms with Gasteiger partial charge in [-0.05, 0) is 30.4 Å². The van der Waals surface area contributed by atoms with Gasteiger partial charge in [-0.3, -0.25) is 9.78 Å². The van der Waals surface area contributed by atoms with Crippen LogP contribution in [0, 0.1) is 11.3 Å². The summed E-state index contributed by atoms with van der Waals surface area (Å²) in [5.41, 5.74) is 0.539. The average Bonchev–Trinajstić information content (AvgIpc) is 2.95. The van der Waals surface area contributed by atoms with Crippen molar-refractivity contribution in [1.82, 2.24) is 14.2 Å². The first kappa shape index (κ1) is 18.3. The van der Waals surface area contributed by atoms with Gasteiger partial charge in [-0.2, -0.15) is 0 Å². The molecule has 1 atom stereocenters. The minimum atomic E-state index is -3.21. The molecule has 0 radical (unpaired) electrons. The van der Waals surface area contributed by atoms with E-state index in [1.165, 1.54) is 6.26 Å². The van der Waals surface area contributed by atoms with Crippen LogP contribution in [0.3, 0.4) is 0 Å². The van der Waals surface area contributed by atoms with Crippen molar-refractivity contribution in [3.05, 3.63) is 30.1 Å². The maximum absolute atomic E-state index is 12.6. The molecule has 0 aliphatic carbocycles. The quantitative estimate of drug-likeness (QED) is 0.788. The van der Waals surface area contributed by atoms with E-state index in [4.69, 9.17) is 4.74 Å². The Morgan fingerprint density at radius 3 is 2.52 bits per heavy atom. The first-order valence-electron chi connectivity index (χ1n) is 8.49. The number of rotatable bonds is 4. The van der Waals surface area contributed by atoms with Crippen LogP contribution in [0.15, 0.2) is 24.5 Å². The van der Waals surface area contributed by atoms with E-state index in [0.717, 1.165) is 12.8 Å². The lowest BCUT2D eigenvalue weighted by Gasteiger charge is -2.42. The van der Waals surface area contributed by atoms with Crippen LogP contribution in [0.4, 0.5) is 0 Å². The average molecular weight is 367 g/mol. The fraction of sp³-hybridized carbons (Fsp3) is 0.647. The van der Waals surface area contributed by atoms with Crippen molar-refractivity contribution >= 4 is 15.9 Å². The van der Waals surface area contributed by atoms with Gasteiger partial charge in [0.05, 0.1) is 12.9 Å². The summed E-state index contributed by atoms with van der Waals surface area (Å²) >= 11 is 0. The third-order valence-corrected chi connectivity index (χ3v) is 6.81. The molecule has 0 unspecified atom stereocenters. The Morgan fingerprint density at radius 1 is 1.32 bits per heavy atom. The molecule has 3 heterocycles. The third-order valence-electron chi connectivity index (χ3n) is 5.59. The van der Waals surface area contributed by atoms with E-state index < -0.39 is 10.0 Å². The minimum Gasteiger partial charge on any atom is -0.384 e. The minimum absolute atomic E-state index is 0.0125. The number of pyridine rings is 1. The van der Waals surface area contributed by atoms with Crippen molar-refractivity contribution in [2.24, 2.45) is 11.3 Å². The molecule has 1 amide bonds. The van der Waals surface area contributed by atoms with Gasteiger partial charge in [0.2, 0.25) is 10.0 Å². The largest absolute Gasteiger partial charge is 0.384 e. The molecule has 1 aromatic rings. The van der Waals surface area contributed by atoms with Crippen molar-refractivity contribution in [1.29, 1.82) is 0 Å². The fourth-order valence-electron chi connectivity index (χ4n) is 4.07. The number of carbonyl (C=O) groups excluding carboxylic acids is 1. The van der Waals surface area contributed by atoms with Crippen LogP contribution in [-0.2, 0) is 14.8 Å². The molecule has 0 saturated carbocycles. The highest BCUT2D eigenvalue weighted by atomic mass is 32.2. The first-order valence-corrected chi connectivity index (χ1v) is 10.3. The zero-order valence-corrected chi connectivity index (χ0v) is 15.5. The van der Waals surface area contributed by atoms with Gasteiger partial charge in [-0.15, -0.1) is 0 Å². The molecule has 1 spiro atoms. The lowest BCUT2D eigenvalue weighted by atomic mass is 9.71. The summed E-state index contributed by atoms with van der Waals surface area (Å²) in [4.78, 5) is 18.4. The Kier molecular flexibility index (Phi) is 5.13. The maximum atomic E-state index is 12.6. The van der Waals surface area contributed by atoms with Gasteiger partial charge in [0.25, 0.3) is 5.91 Å². The summed E-state index contributed by atoms with van der Waals surface area (Å²) in [5.74, 6) is 0.184. The van der Waals surface area contributed by atoms with E-state index in [1.54, 1.807) is 35.9 Å². The molecule has 7 nitrogen and oxygen atoms in total. The van der Waals surface area contributed by atoms with E-state index >= 15 is 0 Å². The molecule has 2 aliphatic heterocycles. The summed E-state index contributed by atoms with van der Waals surface area (Å²) in [7, 11) is -1.56. The number of hydrogen-bond acceptors (Lipinski definition) is 5. The molecule has 0 N–H and O–H groups in total. The normalized spacial score (nSPS) is 23.9. The van der Waals surface area contributed by atoms with Crippen LogP contribution in [0.1, 0.15) is 23.2 Å². The van der Waals surface area contributed by atoms with Crippen LogP contribution in [-0.4, -0.2) is 74.7 Å². The predicted molar refractivity (Wildman–Crippen MR) is 93.6 cm³/mol. The van der Waals surface area contributed by atoms with Crippen LogP contribution < -0.4 is 0 Å². The summed E-state index contributed by atoms with van der Waals surface area (Å²) < 4.78 is 30.9. The molecular formula is C17H25N3O4S. The van der Waals surface area contributed by atoms with Gasteiger partial charge in [-0.25, -0.2) is 12.7 Å². The molecule has 2 fully saturated rings. The Hall–Kier alpha value is -1.51. The lowest BCUT2D eigenvalue weighted by molar-refractivity contribution is 0.0327. The number of methoxy groups -OCH3 is 1. The van der Waals surface area contributed by atoms with Crippen molar-refractivity contribution in [2.75, 3.05) is 46.2 Å². The Morgan fingerprint density at radius 2 is 1.96 bits per heavy atom. The van der Waals surface area contributed by atoms with Crippen LogP contribution >= 0.6 is 0 Å². The van der Waals surface area contributed by atoms with Gasteiger partial charge in [0, 0.05) is 57.2 Å².